The quantitative estimate of drug-likeness (QED) is 0.199. The Labute approximate surface area is 280 Å². The molecule has 0 amide bonds. The SMILES string of the molecule is CC1(C)c2ccccc2C2(c3ccccc3-c3c(-c4nc(-c5ccccc5)nc(-c5ccc(C#N)cc5)n4)cccc32)c2ccccc21. The molecule has 0 N–H and O–H groups in total. The molecule has 4 heteroatoms. The zero-order chi connectivity index (χ0) is 32.5. The maximum atomic E-state index is 9.42. The molecule has 48 heavy (non-hydrogen) atoms. The van der Waals surface area contributed by atoms with Gasteiger partial charge in [-0.3, -0.25) is 0 Å². The lowest BCUT2D eigenvalue weighted by Gasteiger charge is -2.46. The van der Waals surface area contributed by atoms with Crippen molar-refractivity contribution < 1.29 is 0 Å². The Morgan fingerprint density at radius 3 is 1.54 bits per heavy atom. The topological polar surface area (TPSA) is 62.5 Å². The number of aromatic nitrogens is 3. The van der Waals surface area contributed by atoms with Gasteiger partial charge in [0.25, 0.3) is 0 Å². The van der Waals surface area contributed by atoms with Crippen LogP contribution in [-0.4, -0.2) is 15.0 Å². The molecule has 7 aromatic rings. The molecule has 6 aromatic carbocycles. The van der Waals surface area contributed by atoms with Gasteiger partial charge in [0.15, 0.2) is 17.5 Å². The van der Waals surface area contributed by atoms with Crippen LogP contribution in [0.25, 0.3) is 45.3 Å². The van der Waals surface area contributed by atoms with Gasteiger partial charge in [-0.1, -0.05) is 135 Å². The van der Waals surface area contributed by atoms with E-state index in [1.165, 1.54) is 38.9 Å². The third-order valence-electron chi connectivity index (χ3n) is 10.3. The van der Waals surface area contributed by atoms with Gasteiger partial charge in [0, 0.05) is 22.1 Å². The van der Waals surface area contributed by atoms with Crippen LogP contribution in [0.2, 0.25) is 0 Å². The highest BCUT2D eigenvalue weighted by Gasteiger charge is 2.53. The number of nitriles is 1. The third-order valence-corrected chi connectivity index (χ3v) is 10.3. The summed E-state index contributed by atoms with van der Waals surface area (Å²) in [7, 11) is 0. The fourth-order valence-electron chi connectivity index (χ4n) is 8.13. The van der Waals surface area contributed by atoms with Crippen LogP contribution < -0.4 is 0 Å². The number of benzene rings is 6. The Kier molecular flexibility index (Phi) is 6.09. The summed E-state index contributed by atoms with van der Waals surface area (Å²) in [6.45, 7) is 4.69. The Balaban J connectivity index is 1.37. The molecule has 4 nitrogen and oxygen atoms in total. The zero-order valence-electron chi connectivity index (χ0n) is 26.6. The normalized spacial score (nSPS) is 14.4. The lowest BCUT2D eigenvalue weighted by molar-refractivity contribution is 0.563. The first-order valence-electron chi connectivity index (χ1n) is 16.3. The van der Waals surface area contributed by atoms with E-state index in [4.69, 9.17) is 15.0 Å². The van der Waals surface area contributed by atoms with Crippen molar-refractivity contribution in [3.63, 3.8) is 0 Å². The molecular weight excluding hydrogens is 585 g/mol. The van der Waals surface area contributed by atoms with Crippen LogP contribution in [-0.2, 0) is 10.8 Å². The van der Waals surface area contributed by atoms with Crippen molar-refractivity contribution in [1.82, 2.24) is 15.0 Å². The van der Waals surface area contributed by atoms with Crippen LogP contribution in [0.5, 0.6) is 0 Å². The third kappa shape index (κ3) is 3.85. The Bertz CT molecular complexity index is 2390. The zero-order valence-corrected chi connectivity index (χ0v) is 26.6. The van der Waals surface area contributed by atoms with Gasteiger partial charge in [-0.05, 0) is 68.8 Å². The van der Waals surface area contributed by atoms with E-state index < -0.39 is 5.41 Å². The number of rotatable bonds is 3. The molecule has 2 aliphatic rings. The molecule has 0 fully saturated rings. The van der Waals surface area contributed by atoms with Crippen molar-refractivity contribution in [2.45, 2.75) is 24.7 Å². The average molecular weight is 615 g/mol. The first-order valence-corrected chi connectivity index (χ1v) is 16.3. The molecule has 1 aromatic heterocycles. The van der Waals surface area contributed by atoms with Crippen molar-refractivity contribution >= 4 is 0 Å². The summed E-state index contributed by atoms with van der Waals surface area (Å²) in [5.74, 6) is 1.79. The number of fused-ring (bicyclic) bond motifs is 9. The van der Waals surface area contributed by atoms with Crippen LogP contribution in [0.15, 0.2) is 146 Å². The summed E-state index contributed by atoms with van der Waals surface area (Å²) >= 11 is 0. The van der Waals surface area contributed by atoms with Gasteiger partial charge in [-0.25, -0.2) is 15.0 Å². The molecule has 9 rings (SSSR count). The standard InChI is InChI=1S/C44H30N4/c1-43(2)34-18-8-10-20-36(34)44(37-21-11-9-19-35(37)43)33-17-7-6-15-31(33)39-32(16-12-22-38(39)44)42-47-40(29-13-4-3-5-14-29)46-41(48-42)30-25-23-28(27-45)24-26-30/h3-26H,1-2H3. The van der Waals surface area contributed by atoms with Gasteiger partial charge in [0.05, 0.1) is 17.0 Å². The summed E-state index contributed by atoms with van der Waals surface area (Å²) in [5.41, 5.74) is 12.8. The molecular formula is C44H30N4. The summed E-state index contributed by atoms with van der Waals surface area (Å²) in [6.07, 6.45) is 0. The van der Waals surface area contributed by atoms with Crippen LogP contribution in [0, 0.1) is 11.3 Å². The highest BCUT2D eigenvalue weighted by Crippen LogP contribution is 2.63. The molecule has 0 saturated heterocycles. The van der Waals surface area contributed by atoms with Gasteiger partial charge >= 0.3 is 0 Å². The predicted molar refractivity (Wildman–Crippen MR) is 190 cm³/mol. The molecule has 0 bridgehead atoms. The smallest absolute Gasteiger partial charge is 0.164 e. The minimum absolute atomic E-state index is 0.164. The highest BCUT2D eigenvalue weighted by atomic mass is 15.0. The second kappa shape index (κ2) is 10.4. The van der Waals surface area contributed by atoms with Crippen molar-refractivity contribution in [2.24, 2.45) is 0 Å². The van der Waals surface area contributed by atoms with E-state index in [1.54, 1.807) is 12.1 Å². The number of hydrogen-bond acceptors (Lipinski definition) is 4. The number of nitrogens with zero attached hydrogens (tertiary/aromatic N) is 4. The van der Waals surface area contributed by atoms with E-state index in [2.05, 4.69) is 111 Å². The summed E-state index contributed by atoms with van der Waals surface area (Å²) in [4.78, 5) is 15.2. The Morgan fingerprint density at radius 2 is 0.917 bits per heavy atom. The molecule has 2 aliphatic carbocycles. The van der Waals surface area contributed by atoms with Gasteiger partial charge in [-0.2, -0.15) is 5.26 Å². The fourth-order valence-corrected chi connectivity index (χ4v) is 8.13. The molecule has 0 atom stereocenters. The maximum Gasteiger partial charge on any atom is 0.164 e. The largest absolute Gasteiger partial charge is 0.208 e. The molecule has 1 spiro atoms. The summed E-state index contributed by atoms with van der Waals surface area (Å²) in [5, 5.41) is 9.42. The predicted octanol–water partition coefficient (Wildman–Crippen LogP) is 9.75. The van der Waals surface area contributed by atoms with Gasteiger partial charge < -0.3 is 0 Å². The summed E-state index contributed by atoms with van der Waals surface area (Å²) < 4.78 is 0. The van der Waals surface area contributed by atoms with Crippen LogP contribution >= 0.6 is 0 Å². The first kappa shape index (κ1) is 28.1. The molecule has 1 heterocycles. The van der Waals surface area contributed by atoms with Crippen molar-refractivity contribution in [3.8, 4) is 51.4 Å². The highest BCUT2D eigenvalue weighted by molar-refractivity contribution is 5.95. The number of hydrogen-bond donors (Lipinski definition) is 0. The second-order valence-corrected chi connectivity index (χ2v) is 13.1. The van der Waals surface area contributed by atoms with E-state index in [-0.39, 0.29) is 5.41 Å². The van der Waals surface area contributed by atoms with Gasteiger partial charge in [-0.15, -0.1) is 0 Å². The lowest BCUT2D eigenvalue weighted by atomic mass is 9.55. The molecule has 0 saturated carbocycles. The first-order chi connectivity index (χ1) is 23.5. The van der Waals surface area contributed by atoms with E-state index in [9.17, 15) is 5.26 Å². The van der Waals surface area contributed by atoms with Crippen LogP contribution in [0.1, 0.15) is 52.8 Å². The van der Waals surface area contributed by atoms with Crippen LogP contribution in [0.4, 0.5) is 0 Å². The van der Waals surface area contributed by atoms with Crippen molar-refractivity contribution in [3.05, 3.63) is 185 Å². The summed E-state index contributed by atoms with van der Waals surface area (Å²) in [6, 6.07) is 53.1. The van der Waals surface area contributed by atoms with Crippen molar-refractivity contribution in [2.75, 3.05) is 0 Å². The molecule has 0 aliphatic heterocycles. The lowest BCUT2D eigenvalue weighted by Crippen LogP contribution is -2.40. The van der Waals surface area contributed by atoms with E-state index in [0.29, 0.717) is 23.0 Å². The Morgan fingerprint density at radius 1 is 0.438 bits per heavy atom. The van der Waals surface area contributed by atoms with E-state index >= 15 is 0 Å². The minimum Gasteiger partial charge on any atom is -0.208 e. The van der Waals surface area contributed by atoms with Crippen LogP contribution in [0.3, 0.4) is 0 Å². The molecule has 0 radical (unpaired) electrons. The monoisotopic (exact) mass is 614 g/mol. The average Bonchev–Trinajstić information content (AvgIpc) is 3.45. The fraction of sp³-hybridized carbons (Fsp3) is 0.0909. The molecule has 0 unspecified atom stereocenters. The minimum atomic E-state index is -0.504. The van der Waals surface area contributed by atoms with Crippen molar-refractivity contribution in [1.29, 1.82) is 5.26 Å². The van der Waals surface area contributed by atoms with E-state index in [1.807, 2.05) is 42.5 Å². The Hall–Kier alpha value is -6.18. The second-order valence-electron chi connectivity index (χ2n) is 13.1. The van der Waals surface area contributed by atoms with E-state index in [0.717, 1.165) is 22.3 Å². The maximum absolute atomic E-state index is 9.42. The van der Waals surface area contributed by atoms with Gasteiger partial charge in [0.2, 0.25) is 0 Å². The van der Waals surface area contributed by atoms with Gasteiger partial charge in [0.1, 0.15) is 0 Å². The molecule has 226 valence electrons.